The van der Waals surface area contributed by atoms with Gasteiger partial charge in [-0.1, -0.05) is 13.3 Å². The average Bonchev–Trinajstić information content (AvgIpc) is 2.92. The smallest absolute Gasteiger partial charge is 0.203 e. The van der Waals surface area contributed by atoms with Crippen molar-refractivity contribution in [1.82, 2.24) is 9.55 Å². The topological polar surface area (TPSA) is 29.9 Å². The normalized spacial score (nSPS) is 17.8. The fraction of sp³-hybridized carbons (Fsp3) is 0.750. The molecule has 1 heterocycles. The molecule has 1 aromatic heterocycles. The van der Waals surface area contributed by atoms with Crippen molar-refractivity contribution in [3.8, 4) is 0 Å². The Balaban J connectivity index is 2.05. The number of rotatable bonds is 5. The number of hydrogen-bond donors (Lipinski definition) is 1. The standard InChI is InChI=1S/C12H21N3/c1-4-5-9(2)13-12-14-10(3)8-15(12)11-6-7-11/h8-9,11H,4-7H2,1-3H3,(H,13,14). The molecule has 0 radical (unpaired) electrons. The number of anilines is 1. The molecule has 1 aromatic rings. The molecule has 1 fully saturated rings. The number of aromatic nitrogens is 2. The van der Waals surface area contributed by atoms with Crippen LogP contribution in [0.2, 0.25) is 0 Å². The zero-order valence-corrected chi connectivity index (χ0v) is 9.95. The highest BCUT2D eigenvalue weighted by Gasteiger charge is 2.26. The first-order valence-electron chi connectivity index (χ1n) is 6.02. The largest absolute Gasteiger partial charge is 0.353 e. The van der Waals surface area contributed by atoms with Crippen molar-refractivity contribution in [3.05, 3.63) is 11.9 Å². The minimum atomic E-state index is 0.522. The summed E-state index contributed by atoms with van der Waals surface area (Å²) in [5, 5.41) is 3.51. The van der Waals surface area contributed by atoms with Crippen LogP contribution in [0.1, 0.15) is 51.3 Å². The van der Waals surface area contributed by atoms with E-state index in [-0.39, 0.29) is 0 Å². The van der Waals surface area contributed by atoms with Gasteiger partial charge in [-0.15, -0.1) is 0 Å². The highest BCUT2D eigenvalue weighted by atomic mass is 15.2. The van der Waals surface area contributed by atoms with Crippen molar-refractivity contribution in [2.75, 3.05) is 5.32 Å². The zero-order valence-electron chi connectivity index (χ0n) is 9.95. The molecule has 3 heteroatoms. The second-order valence-corrected chi connectivity index (χ2v) is 4.68. The minimum Gasteiger partial charge on any atom is -0.353 e. The van der Waals surface area contributed by atoms with Gasteiger partial charge in [0.05, 0.1) is 5.69 Å². The van der Waals surface area contributed by atoms with Crippen LogP contribution in [0.15, 0.2) is 6.20 Å². The maximum atomic E-state index is 4.55. The third-order valence-corrected chi connectivity index (χ3v) is 2.89. The SMILES string of the molecule is CCCC(C)Nc1nc(C)cn1C1CC1. The lowest BCUT2D eigenvalue weighted by molar-refractivity contribution is 0.663. The molecule has 1 atom stereocenters. The van der Waals surface area contributed by atoms with Gasteiger partial charge in [0.25, 0.3) is 0 Å². The van der Waals surface area contributed by atoms with Crippen molar-refractivity contribution in [1.29, 1.82) is 0 Å². The van der Waals surface area contributed by atoms with Crippen LogP contribution in [0.5, 0.6) is 0 Å². The summed E-state index contributed by atoms with van der Waals surface area (Å²) in [5.74, 6) is 1.07. The molecule has 0 amide bonds. The van der Waals surface area contributed by atoms with E-state index in [4.69, 9.17) is 0 Å². The van der Waals surface area contributed by atoms with Gasteiger partial charge in [-0.05, 0) is 33.1 Å². The molecule has 1 unspecified atom stereocenters. The molecular formula is C12H21N3. The maximum Gasteiger partial charge on any atom is 0.203 e. The lowest BCUT2D eigenvalue weighted by atomic mass is 10.2. The van der Waals surface area contributed by atoms with Gasteiger partial charge in [0.1, 0.15) is 0 Å². The van der Waals surface area contributed by atoms with Gasteiger partial charge in [-0.3, -0.25) is 0 Å². The van der Waals surface area contributed by atoms with E-state index in [0.717, 1.165) is 11.6 Å². The monoisotopic (exact) mass is 207 g/mol. The van der Waals surface area contributed by atoms with Gasteiger partial charge in [-0.2, -0.15) is 0 Å². The number of nitrogens with zero attached hydrogens (tertiary/aromatic N) is 2. The fourth-order valence-electron chi connectivity index (χ4n) is 1.98. The Kier molecular flexibility index (Phi) is 2.98. The van der Waals surface area contributed by atoms with Gasteiger partial charge in [0, 0.05) is 18.3 Å². The van der Waals surface area contributed by atoms with Gasteiger partial charge in [0.2, 0.25) is 5.95 Å². The van der Waals surface area contributed by atoms with Gasteiger partial charge in [0.15, 0.2) is 0 Å². The summed E-state index contributed by atoms with van der Waals surface area (Å²) in [7, 11) is 0. The van der Waals surface area contributed by atoms with Crippen LogP contribution in [0, 0.1) is 6.92 Å². The van der Waals surface area contributed by atoms with Gasteiger partial charge < -0.3 is 9.88 Å². The van der Waals surface area contributed by atoms with Crippen molar-refractivity contribution < 1.29 is 0 Å². The van der Waals surface area contributed by atoms with Crippen LogP contribution in [-0.2, 0) is 0 Å². The predicted octanol–water partition coefficient (Wildman–Crippen LogP) is 3.13. The summed E-state index contributed by atoms with van der Waals surface area (Å²) in [4.78, 5) is 4.55. The molecule has 1 N–H and O–H groups in total. The molecule has 1 saturated carbocycles. The van der Waals surface area contributed by atoms with Crippen LogP contribution in [-0.4, -0.2) is 15.6 Å². The second kappa shape index (κ2) is 4.25. The first-order chi connectivity index (χ1) is 7.20. The van der Waals surface area contributed by atoms with Crippen LogP contribution in [0.3, 0.4) is 0 Å². The Morgan fingerprint density at radius 3 is 2.93 bits per heavy atom. The quantitative estimate of drug-likeness (QED) is 0.804. The molecule has 0 bridgehead atoms. The van der Waals surface area contributed by atoms with Crippen LogP contribution < -0.4 is 5.32 Å². The number of hydrogen-bond acceptors (Lipinski definition) is 2. The predicted molar refractivity (Wildman–Crippen MR) is 63.2 cm³/mol. The van der Waals surface area contributed by atoms with E-state index in [1.54, 1.807) is 0 Å². The van der Waals surface area contributed by atoms with E-state index >= 15 is 0 Å². The molecule has 2 rings (SSSR count). The average molecular weight is 207 g/mol. The number of aryl methyl sites for hydroxylation is 1. The second-order valence-electron chi connectivity index (χ2n) is 4.68. The Morgan fingerprint density at radius 1 is 1.60 bits per heavy atom. The molecule has 15 heavy (non-hydrogen) atoms. The van der Waals surface area contributed by atoms with Crippen LogP contribution in [0.25, 0.3) is 0 Å². The number of imidazole rings is 1. The summed E-state index contributed by atoms with van der Waals surface area (Å²) in [5.41, 5.74) is 1.12. The van der Waals surface area contributed by atoms with Crippen molar-refractivity contribution in [2.45, 2.75) is 58.5 Å². The first-order valence-corrected chi connectivity index (χ1v) is 6.02. The fourth-order valence-corrected chi connectivity index (χ4v) is 1.98. The Bertz CT molecular complexity index is 326. The molecule has 0 aromatic carbocycles. The third kappa shape index (κ3) is 2.52. The van der Waals surface area contributed by atoms with E-state index in [1.165, 1.54) is 25.7 Å². The highest BCUT2D eigenvalue weighted by Crippen LogP contribution is 2.37. The molecule has 0 spiro atoms. The van der Waals surface area contributed by atoms with E-state index in [2.05, 4.69) is 41.8 Å². The van der Waals surface area contributed by atoms with E-state index in [9.17, 15) is 0 Å². The Hall–Kier alpha value is -0.990. The summed E-state index contributed by atoms with van der Waals surface area (Å²) in [6.45, 7) is 6.51. The van der Waals surface area contributed by atoms with E-state index < -0.39 is 0 Å². The van der Waals surface area contributed by atoms with Crippen molar-refractivity contribution >= 4 is 5.95 Å². The third-order valence-electron chi connectivity index (χ3n) is 2.89. The van der Waals surface area contributed by atoms with Gasteiger partial charge in [-0.25, -0.2) is 4.98 Å². The lowest BCUT2D eigenvalue weighted by Crippen LogP contribution is -2.17. The molecule has 0 aliphatic heterocycles. The summed E-state index contributed by atoms with van der Waals surface area (Å²) in [6, 6.07) is 1.23. The molecule has 1 aliphatic rings. The molecule has 0 saturated heterocycles. The van der Waals surface area contributed by atoms with E-state index in [0.29, 0.717) is 12.1 Å². The highest BCUT2D eigenvalue weighted by molar-refractivity contribution is 5.31. The maximum absolute atomic E-state index is 4.55. The van der Waals surface area contributed by atoms with Crippen molar-refractivity contribution in [3.63, 3.8) is 0 Å². The molecular weight excluding hydrogens is 186 g/mol. The summed E-state index contributed by atoms with van der Waals surface area (Å²) < 4.78 is 2.31. The Morgan fingerprint density at radius 2 is 2.33 bits per heavy atom. The molecule has 3 nitrogen and oxygen atoms in total. The Labute approximate surface area is 91.9 Å². The van der Waals surface area contributed by atoms with Crippen LogP contribution in [0.4, 0.5) is 5.95 Å². The first kappa shape index (κ1) is 10.5. The summed E-state index contributed by atoms with van der Waals surface area (Å²) >= 11 is 0. The van der Waals surface area contributed by atoms with Crippen LogP contribution >= 0.6 is 0 Å². The van der Waals surface area contributed by atoms with Crippen molar-refractivity contribution in [2.24, 2.45) is 0 Å². The zero-order chi connectivity index (χ0) is 10.8. The van der Waals surface area contributed by atoms with Gasteiger partial charge >= 0.3 is 0 Å². The lowest BCUT2D eigenvalue weighted by Gasteiger charge is -2.14. The summed E-state index contributed by atoms with van der Waals surface area (Å²) in [6.07, 6.45) is 7.21. The molecule has 84 valence electrons. The van der Waals surface area contributed by atoms with E-state index in [1.807, 2.05) is 0 Å². The number of nitrogens with one attached hydrogen (secondary N) is 1. The minimum absolute atomic E-state index is 0.522. The molecule has 1 aliphatic carbocycles.